The summed E-state index contributed by atoms with van der Waals surface area (Å²) in [4.78, 5) is 12.4. The van der Waals surface area contributed by atoms with Crippen molar-refractivity contribution < 1.29 is 18.0 Å². The van der Waals surface area contributed by atoms with E-state index in [1.807, 2.05) is 30.3 Å². The maximum absolute atomic E-state index is 12.9. The summed E-state index contributed by atoms with van der Waals surface area (Å²) in [7, 11) is 1.71. The molecule has 2 rings (SSSR count). The van der Waals surface area contributed by atoms with E-state index >= 15 is 0 Å². The van der Waals surface area contributed by atoms with Crippen molar-refractivity contribution in [2.45, 2.75) is 12.7 Å². The van der Waals surface area contributed by atoms with Crippen molar-refractivity contribution in [1.82, 2.24) is 0 Å². The van der Waals surface area contributed by atoms with Crippen molar-refractivity contribution in [3.8, 4) is 0 Å². The number of nitrogens with zero attached hydrogens (tertiary/aromatic N) is 1. The van der Waals surface area contributed by atoms with E-state index in [1.165, 1.54) is 12.1 Å². The van der Waals surface area contributed by atoms with E-state index in [4.69, 9.17) is 0 Å². The van der Waals surface area contributed by atoms with Crippen LogP contribution >= 0.6 is 0 Å². The smallest absolute Gasteiger partial charge is 0.370 e. The Bertz CT molecular complexity index is 623. The summed E-state index contributed by atoms with van der Waals surface area (Å²) in [5.41, 5.74) is 0.152. The normalized spacial score (nSPS) is 11.2. The number of alkyl halides is 3. The van der Waals surface area contributed by atoms with Crippen molar-refractivity contribution in [3.63, 3.8) is 0 Å². The number of anilines is 1. The largest absolute Gasteiger partial charge is 0.417 e. The summed E-state index contributed by atoms with van der Waals surface area (Å²) in [5.74, 6) is 0. The molecule has 110 valence electrons. The summed E-state index contributed by atoms with van der Waals surface area (Å²) in [6.45, 7) is 0.485. The monoisotopic (exact) mass is 293 g/mol. The second-order valence-corrected chi connectivity index (χ2v) is 4.73. The Hall–Kier alpha value is -2.30. The van der Waals surface area contributed by atoms with Crippen molar-refractivity contribution >= 4 is 12.0 Å². The number of rotatable bonds is 4. The predicted octanol–water partition coefficient (Wildman–Crippen LogP) is 4.15. The highest BCUT2D eigenvalue weighted by atomic mass is 19.4. The second kappa shape index (κ2) is 5.99. The molecule has 2 aromatic carbocycles. The fourth-order valence-corrected chi connectivity index (χ4v) is 2.08. The SMILES string of the molecule is CN(Cc1ccccc1)c1ccc(C=O)c(C(F)(F)F)c1. The third-order valence-electron chi connectivity index (χ3n) is 3.17. The molecule has 0 radical (unpaired) electrons. The average molecular weight is 293 g/mol. The molecule has 0 amide bonds. The van der Waals surface area contributed by atoms with Gasteiger partial charge < -0.3 is 4.90 Å². The minimum atomic E-state index is -4.54. The predicted molar refractivity (Wildman–Crippen MR) is 75.4 cm³/mol. The van der Waals surface area contributed by atoms with Crippen molar-refractivity contribution in [3.05, 3.63) is 65.2 Å². The van der Waals surface area contributed by atoms with Crippen LogP contribution < -0.4 is 4.90 Å². The number of benzene rings is 2. The number of aldehydes is 1. The average Bonchev–Trinajstić information content (AvgIpc) is 2.46. The van der Waals surface area contributed by atoms with E-state index in [1.54, 1.807) is 11.9 Å². The first-order valence-electron chi connectivity index (χ1n) is 6.33. The van der Waals surface area contributed by atoms with Crippen LogP contribution in [0.5, 0.6) is 0 Å². The number of carbonyl (C=O) groups excluding carboxylic acids is 1. The van der Waals surface area contributed by atoms with E-state index in [2.05, 4.69) is 0 Å². The first-order valence-corrected chi connectivity index (χ1v) is 6.33. The van der Waals surface area contributed by atoms with E-state index in [-0.39, 0.29) is 11.8 Å². The molecule has 0 aliphatic rings. The standard InChI is InChI=1S/C16H14F3NO/c1-20(10-12-5-3-2-4-6-12)14-8-7-13(11-21)15(9-14)16(17,18)19/h2-9,11H,10H2,1H3. The quantitative estimate of drug-likeness (QED) is 0.789. The summed E-state index contributed by atoms with van der Waals surface area (Å²) in [6.07, 6.45) is -4.32. The summed E-state index contributed by atoms with van der Waals surface area (Å²) < 4.78 is 38.8. The van der Waals surface area contributed by atoms with Gasteiger partial charge in [-0.05, 0) is 23.8 Å². The van der Waals surface area contributed by atoms with E-state index in [9.17, 15) is 18.0 Å². The minimum absolute atomic E-state index is 0.226. The first-order chi connectivity index (χ1) is 9.91. The minimum Gasteiger partial charge on any atom is -0.370 e. The van der Waals surface area contributed by atoms with Crippen LogP contribution in [0.4, 0.5) is 18.9 Å². The molecule has 0 aliphatic carbocycles. The van der Waals surface area contributed by atoms with Gasteiger partial charge in [-0.25, -0.2) is 0 Å². The lowest BCUT2D eigenvalue weighted by atomic mass is 10.1. The van der Waals surface area contributed by atoms with E-state index in [0.29, 0.717) is 12.2 Å². The van der Waals surface area contributed by atoms with Gasteiger partial charge >= 0.3 is 6.18 Å². The Kier molecular flexibility index (Phi) is 4.31. The molecule has 0 unspecified atom stereocenters. The molecule has 0 atom stereocenters. The van der Waals surface area contributed by atoms with Crippen molar-refractivity contribution in [2.75, 3.05) is 11.9 Å². The Morgan fingerprint density at radius 3 is 2.33 bits per heavy atom. The van der Waals surface area contributed by atoms with Gasteiger partial charge in [0.25, 0.3) is 0 Å². The van der Waals surface area contributed by atoms with Gasteiger partial charge in [-0.1, -0.05) is 30.3 Å². The Labute approximate surface area is 120 Å². The van der Waals surface area contributed by atoms with Crippen LogP contribution in [0.3, 0.4) is 0 Å². The van der Waals surface area contributed by atoms with Crippen molar-refractivity contribution in [2.24, 2.45) is 0 Å². The molecule has 5 heteroatoms. The van der Waals surface area contributed by atoms with Gasteiger partial charge in [0.1, 0.15) is 0 Å². The molecule has 0 aromatic heterocycles. The second-order valence-electron chi connectivity index (χ2n) is 4.73. The molecule has 0 aliphatic heterocycles. The zero-order chi connectivity index (χ0) is 15.5. The Morgan fingerprint density at radius 2 is 1.76 bits per heavy atom. The van der Waals surface area contributed by atoms with Crippen LogP contribution in [0.2, 0.25) is 0 Å². The molecule has 21 heavy (non-hydrogen) atoms. The van der Waals surface area contributed by atoms with Crippen LogP contribution in [0.25, 0.3) is 0 Å². The highest BCUT2D eigenvalue weighted by molar-refractivity contribution is 5.79. The Balaban J connectivity index is 2.30. The third-order valence-corrected chi connectivity index (χ3v) is 3.17. The lowest BCUT2D eigenvalue weighted by Gasteiger charge is -2.21. The van der Waals surface area contributed by atoms with Gasteiger partial charge in [-0.2, -0.15) is 13.2 Å². The molecular weight excluding hydrogens is 279 g/mol. The van der Waals surface area contributed by atoms with Crippen LogP contribution in [-0.4, -0.2) is 13.3 Å². The number of carbonyl (C=O) groups is 1. The number of hydrogen-bond acceptors (Lipinski definition) is 2. The van der Waals surface area contributed by atoms with Gasteiger partial charge in [0, 0.05) is 24.8 Å². The summed E-state index contributed by atoms with van der Waals surface area (Å²) in [6, 6.07) is 13.2. The highest BCUT2D eigenvalue weighted by Gasteiger charge is 2.33. The zero-order valence-electron chi connectivity index (χ0n) is 11.4. The van der Waals surface area contributed by atoms with Crippen molar-refractivity contribution in [1.29, 1.82) is 0 Å². The molecule has 0 fully saturated rings. The summed E-state index contributed by atoms with van der Waals surface area (Å²) in [5, 5.41) is 0. The van der Waals surface area contributed by atoms with E-state index in [0.717, 1.165) is 11.6 Å². The molecule has 0 saturated carbocycles. The van der Waals surface area contributed by atoms with Gasteiger partial charge in [-0.15, -0.1) is 0 Å². The number of halogens is 3. The molecule has 2 nitrogen and oxygen atoms in total. The zero-order valence-corrected chi connectivity index (χ0v) is 11.4. The van der Waals surface area contributed by atoms with Gasteiger partial charge in [0.15, 0.2) is 6.29 Å². The van der Waals surface area contributed by atoms with Gasteiger partial charge in [0.2, 0.25) is 0 Å². The molecular formula is C16H14F3NO. The van der Waals surface area contributed by atoms with Gasteiger partial charge in [0.05, 0.1) is 5.56 Å². The first kappa shape index (κ1) is 15.1. The lowest BCUT2D eigenvalue weighted by Crippen LogP contribution is -2.18. The Morgan fingerprint density at radius 1 is 1.10 bits per heavy atom. The molecule has 0 N–H and O–H groups in total. The van der Waals surface area contributed by atoms with E-state index < -0.39 is 11.7 Å². The molecule has 0 saturated heterocycles. The van der Waals surface area contributed by atoms with Crippen LogP contribution in [0.1, 0.15) is 21.5 Å². The molecule has 0 spiro atoms. The van der Waals surface area contributed by atoms with Gasteiger partial charge in [-0.3, -0.25) is 4.79 Å². The fraction of sp³-hybridized carbons (Fsp3) is 0.188. The maximum Gasteiger partial charge on any atom is 0.417 e. The fourth-order valence-electron chi connectivity index (χ4n) is 2.08. The molecule has 2 aromatic rings. The topological polar surface area (TPSA) is 20.3 Å². The molecule has 0 heterocycles. The molecule has 0 bridgehead atoms. The highest BCUT2D eigenvalue weighted by Crippen LogP contribution is 2.34. The maximum atomic E-state index is 12.9. The van der Waals surface area contributed by atoms with Crippen LogP contribution in [0.15, 0.2) is 48.5 Å². The van der Waals surface area contributed by atoms with Crippen LogP contribution in [0, 0.1) is 0 Å². The lowest BCUT2D eigenvalue weighted by molar-refractivity contribution is -0.137. The number of hydrogen-bond donors (Lipinski definition) is 0. The summed E-state index contributed by atoms with van der Waals surface area (Å²) >= 11 is 0. The third kappa shape index (κ3) is 3.62. The van der Waals surface area contributed by atoms with Crippen LogP contribution in [-0.2, 0) is 12.7 Å².